The molecule has 0 unspecified atom stereocenters. The van der Waals surface area contributed by atoms with Gasteiger partial charge in [0.25, 0.3) is 9.05 Å². The number of hydrogen-bond donors (Lipinski definition) is 0. The Morgan fingerprint density at radius 2 is 2.18 bits per heavy atom. The van der Waals surface area contributed by atoms with Crippen LogP contribution in [0.4, 0.5) is 0 Å². The van der Waals surface area contributed by atoms with Gasteiger partial charge in [-0.1, -0.05) is 13.0 Å². The molecule has 1 rings (SSSR count). The van der Waals surface area contributed by atoms with Crippen LogP contribution >= 0.6 is 10.7 Å². The molecule has 1 aromatic rings. The molecule has 0 amide bonds. The van der Waals surface area contributed by atoms with Crippen molar-refractivity contribution < 1.29 is 13.2 Å². The highest BCUT2D eigenvalue weighted by Gasteiger charge is 2.17. The molecule has 0 heterocycles. The Balaban J connectivity index is 3.08. The normalized spacial score (nSPS) is 10.9. The summed E-state index contributed by atoms with van der Waals surface area (Å²) in [6.45, 7) is 2.05. The van der Waals surface area contributed by atoms with Crippen LogP contribution in [0, 0.1) is 11.3 Å². The second kappa shape index (κ2) is 5.89. The molecular formula is C11H12ClNO3S. The maximum Gasteiger partial charge on any atom is 0.264 e. The van der Waals surface area contributed by atoms with Crippen LogP contribution in [0.25, 0.3) is 0 Å². The van der Waals surface area contributed by atoms with Crippen LogP contribution in [0.5, 0.6) is 5.75 Å². The summed E-state index contributed by atoms with van der Waals surface area (Å²) in [7, 11) is 1.49. The smallest absolute Gasteiger partial charge is 0.264 e. The van der Waals surface area contributed by atoms with Crippen LogP contribution in [0.1, 0.15) is 18.9 Å². The number of aryl methyl sites for hydroxylation is 1. The Morgan fingerprint density at radius 3 is 2.71 bits per heavy atom. The molecule has 17 heavy (non-hydrogen) atoms. The average molecular weight is 274 g/mol. The number of rotatable bonds is 5. The first-order valence-corrected chi connectivity index (χ1v) is 7.37. The van der Waals surface area contributed by atoms with Gasteiger partial charge < -0.3 is 4.74 Å². The summed E-state index contributed by atoms with van der Waals surface area (Å²) in [6.07, 6.45) is 0.898. The van der Waals surface area contributed by atoms with Gasteiger partial charge in [0.1, 0.15) is 17.3 Å². The minimum Gasteiger partial charge on any atom is -0.491 e. The molecule has 0 aromatic heterocycles. The molecule has 0 radical (unpaired) electrons. The Bertz CT molecular complexity index is 534. The van der Waals surface area contributed by atoms with Crippen molar-refractivity contribution in [2.75, 3.05) is 6.61 Å². The zero-order valence-corrected chi connectivity index (χ0v) is 10.9. The molecule has 0 aliphatic carbocycles. The van der Waals surface area contributed by atoms with Crippen LogP contribution in [0.3, 0.4) is 0 Å². The van der Waals surface area contributed by atoms with Gasteiger partial charge in [-0.2, -0.15) is 5.26 Å². The van der Waals surface area contributed by atoms with E-state index in [9.17, 15) is 8.42 Å². The van der Waals surface area contributed by atoms with E-state index in [-0.39, 0.29) is 23.7 Å². The first-order valence-electron chi connectivity index (χ1n) is 5.06. The Hall–Kier alpha value is -1.25. The molecule has 92 valence electrons. The second-order valence-electron chi connectivity index (χ2n) is 3.33. The van der Waals surface area contributed by atoms with Gasteiger partial charge in [-0.15, -0.1) is 0 Å². The second-order valence-corrected chi connectivity index (χ2v) is 5.86. The van der Waals surface area contributed by atoms with Gasteiger partial charge in [0, 0.05) is 10.7 Å². The summed E-state index contributed by atoms with van der Waals surface area (Å²) in [5.41, 5.74) is 0.858. The van der Waals surface area contributed by atoms with Crippen molar-refractivity contribution in [3.8, 4) is 11.8 Å². The van der Waals surface area contributed by atoms with E-state index in [4.69, 9.17) is 20.7 Å². The molecule has 0 atom stereocenters. The van der Waals surface area contributed by atoms with Crippen LogP contribution in [0.15, 0.2) is 23.1 Å². The van der Waals surface area contributed by atoms with Crippen molar-refractivity contribution in [1.29, 1.82) is 5.26 Å². The highest BCUT2D eigenvalue weighted by molar-refractivity contribution is 8.13. The summed E-state index contributed by atoms with van der Waals surface area (Å²) in [5.74, 6) is 0.187. The van der Waals surface area contributed by atoms with E-state index < -0.39 is 9.05 Å². The summed E-state index contributed by atoms with van der Waals surface area (Å²) in [5, 5.41) is 8.38. The van der Waals surface area contributed by atoms with E-state index in [0.29, 0.717) is 6.42 Å². The number of nitrogens with zero attached hydrogens (tertiary/aromatic N) is 1. The van der Waals surface area contributed by atoms with Crippen LogP contribution in [-0.2, 0) is 15.5 Å². The molecule has 0 aliphatic heterocycles. The van der Waals surface area contributed by atoms with E-state index >= 15 is 0 Å². The van der Waals surface area contributed by atoms with E-state index in [1.807, 2.05) is 13.0 Å². The lowest BCUT2D eigenvalue weighted by atomic mass is 10.2. The van der Waals surface area contributed by atoms with Crippen LogP contribution in [0.2, 0.25) is 0 Å². The molecule has 0 fully saturated rings. The van der Waals surface area contributed by atoms with Gasteiger partial charge in [0.05, 0.1) is 12.5 Å². The van der Waals surface area contributed by atoms with Crippen molar-refractivity contribution >= 4 is 19.7 Å². The van der Waals surface area contributed by atoms with Gasteiger partial charge in [-0.25, -0.2) is 8.42 Å². The Morgan fingerprint density at radius 1 is 1.47 bits per heavy atom. The lowest BCUT2D eigenvalue weighted by Gasteiger charge is -2.09. The summed E-state index contributed by atoms with van der Waals surface area (Å²) < 4.78 is 28.0. The summed E-state index contributed by atoms with van der Waals surface area (Å²) in [4.78, 5) is -0.0449. The standard InChI is InChI=1S/C11H12ClNO3S/c1-2-9-4-5-10(16-7-3-6-13)11(8-9)17(12,14)15/h4-5,8H,2-3,7H2,1H3. The number of hydrogen-bond acceptors (Lipinski definition) is 4. The first kappa shape index (κ1) is 13.8. The molecule has 0 N–H and O–H groups in total. The molecule has 0 saturated carbocycles. The number of benzene rings is 1. The average Bonchev–Trinajstić information content (AvgIpc) is 2.28. The summed E-state index contributed by atoms with van der Waals surface area (Å²) >= 11 is 0. The molecule has 1 aromatic carbocycles. The quantitative estimate of drug-likeness (QED) is 0.610. The third-order valence-electron chi connectivity index (χ3n) is 2.15. The predicted octanol–water partition coefficient (Wildman–Crippen LogP) is 2.47. The molecule has 0 spiro atoms. The van der Waals surface area contributed by atoms with Gasteiger partial charge >= 0.3 is 0 Å². The van der Waals surface area contributed by atoms with Crippen molar-refractivity contribution in [3.05, 3.63) is 23.8 Å². The van der Waals surface area contributed by atoms with Crippen LogP contribution in [-0.4, -0.2) is 15.0 Å². The Kier molecular flexibility index (Phi) is 4.79. The maximum absolute atomic E-state index is 11.4. The highest BCUT2D eigenvalue weighted by Crippen LogP contribution is 2.28. The molecule has 0 aliphatic rings. The van der Waals surface area contributed by atoms with Gasteiger partial charge in [0.15, 0.2) is 0 Å². The zero-order valence-electron chi connectivity index (χ0n) is 9.31. The monoisotopic (exact) mass is 273 g/mol. The highest BCUT2D eigenvalue weighted by atomic mass is 35.7. The largest absolute Gasteiger partial charge is 0.491 e. The SMILES string of the molecule is CCc1ccc(OCCC#N)c(S(=O)(=O)Cl)c1. The minimum atomic E-state index is -3.84. The molecule has 0 saturated heterocycles. The molecule has 0 bridgehead atoms. The number of nitriles is 1. The third-order valence-corrected chi connectivity index (χ3v) is 3.49. The lowest BCUT2D eigenvalue weighted by Crippen LogP contribution is -2.02. The van der Waals surface area contributed by atoms with Crippen molar-refractivity contribution in [3.63, 3.8) is 0 Å². The molecule has 4 nitrogen and oxygen atoms in total. The minimum absolute atomic E-state index is 0.0449. The molecule has 6 heteroatoms. The fourth-order valence-electron chi connectivity index (χ4n) is 1.29. The van der Waals surface area contributed by atoms with E-state index in [1.165, 1.54) is 6.07 Å². The van der Waals surface area contributed by atoms with Crippen molar-refractivity contribution in [2.24, 2.45) is 0 Å². The topological polar surface area (TPSA) is 67.2 Å². The first-order chi connectivity index (χ1) is 7.99. The third kappa shape index (κ3) is 3.91. The van der Waals surface area contributed by atoms with E-state index in [0.717, 1.165) is 5.56 Å². The molecular weight excluding hydrogens is 262 g/mol. The Labute approximate surface area is 105 Å². The van der Waals surface area contributed by atoms with Crippen molar-refractivity contribution in [2.45, 2.75) is 24.7 Å². The van der Waals surface area contributed by atoms with Gasteiger partial charge in [-0.05, 0) is 24.1 Å². The van der Waals surface area contributed by atoms with E-state index in [2.05, 4.69) is 0 Å². The van der Waals surface area contributed by atoms with Gasteiger partial charge in [-0.3, -0.25) is 0 Å². The number of halogens is 1. The number of ether oxygens (including phenoxy) is 1. The fourth-order valence-corrected chi connectivity index (χ4v) is 2.31. The van der Waals surface area contributed by atoms with Crippen molar-refractivity contribution in [1.82, 2.24) is 0 Å². The maximum atomic E-state index is 11.4. The predicted molar refractivity (Wildman–Crippen MR) is 64.6 cm³/mol. The fraction of sp³-hybridized carbons (Fsp3) is 0.364. The van der Waals surface area contributed by atoms with Crippen LogP contribution < -0.4 is 4.74 Å². The van der Waals surface area contributed by atoms with Gasteiger partial charge in [0.2, 0.25) is 0 Å². The summed E-state index contributed by atoms with van der Waals surface area (Å²) in [6, 6.07) is 6.73. The lowest BCUT2D eigenvalue weighted by molar-refractivity contribution is 0.318. The zero-order chi connectivity index (χ0) is 12.9. The van der Waals surface area contributed by atoms with E-state index in [1.54, 1.807) is 12.1 Å².